The lowest BCUT2D eigenvalue weighted by atomic mass is 10.0. The highest BCUT2D eigenvalue weighted by Crippen LogP contribution is 2.20. The second kappa shape index (κ2) is 11.8. The summed E-state index contributed by atoms with van der Waals surface area (Å²) in [5.41, 5.74) is 0.242. The first-order chi connectivity index (χ1) is 10.7. The van der Waals surface area contributed by atoms with Crippen LogP contribution in [0.25, 0.3) is 0 Å². The van der Waals surface area contributed by atoms with E-state index in [9.17, 15) is 0 Å². The van der Waals surface area contributed by atoms with Crippen LogP contribution in [0.3, 0.4) is 0 Å². The summed E-state index contributed by atoms with van der Waals surface area (Å²) in [5.74, 6) is 0. The summed E-state index contributed by atoms with van der Waals surface area (Å²) in [4.78, 5) is 2.60. The Morgan fingerprint density at radius 2 is 1.52 bits per heavy atom. The largest absolute Gasteiger partial charge is 0.500 e. The zero-order valence-electron chi connectivity index (χ0n) is 16.9. The summed E-state index contributed by atoms with van der Waals surface area (Å²) in [6.45, 7) is 16.1. The number of rotatable bonds is 13. The molecule has 0 amide bonds. The molecule has 0 radical (unpaired) electrons. The summed E-state index contributed by atoms with van der Waals surface area (Å²) in [6, 6.07) is 0.923. The van der Waals surface area contributed by atoms with E-state index in [4.69, 9.17) is 13.3 Å². The molecule has 0 bridgehead atoms. The minimum atomic E-state index is -2.43. The highest BCUT2D eigenvalue weighted by atomic mass is 28.4. The average molecular weight is 364 g/mol. The van der Waals surface area contributed by atoms with Gasteiger partial charge in [0.1, 0.15) is 0 Å². The van der Waals surface area contributed by atoms with E-state index in [-0.39, 0.29) is 5.54 Å². The Morgan fingerprint density at radius 3 is 1.96 bits per heavy atom. The molecule has 0 spiro atoms. The molecule has 0 rings (SSSR count). The van der Waals surface area contributed by atoms with Crippen LogP contribution in [0, 0.1) is 0 Å². The molecule has 6 heteroatoms. The normalized spacial score (nSPS) is 13.3. The van der Waals surface area contributed by atoms with E-state index < -0.39 is 17.6 Å². The Bertz CT molecular complexity index is 292. The fraction of sp³-hybridized carbons (Fsp3) is 1.00. The number of hydrogen-bond donors (Lipinski definition) is 0. The Balaban J connectivity index is 4.35. The Labute approximate surface area is 147 Å². The minimum absolute atomic E-state index is 0.242. The SMILES string of the molecule is CCCCN(CCCC[Si](OC)(OC)OC[SiH](C)C)C(C)(C)C. The van der Waals surface area contributed by atoms with Gasteiger partial charge in [0.25, 0.3) is 0 Å². The predicted octanol–water partition coefficient (Wildman–Crippen LogP) is 3.94. The Morgan fingerprint density at radius 1 is 0.957 bits per heavy atom. The highest BCUT2D eigenvalue weighted by Gasteiger charge is 2.38. The number of nitrogens with zero attached hydrogens (tertiary/aromatic N) is 1. The smallest absolute Gasteiger partial charge is 0.377 e. The zero-order valence-corrected chi connectivity index (χ0v) is 19.1. The third-order valence-electron chi connectivity index (χ3n) is 4.15. The van der Waals surface area contributed by atoms with Crippen molar-refractivity contribution in [3.05, 3.63) is 0 Å². The minimum Gasteiger partial charge on any atom is -0.377 e. The molecule has 0 fully saturated rings. The first kappa shape index (κ1) is 23.3. The van der Waals surface area contributed by atoms with Gasteiger partial charge in [-0.2, -0.15) is 0 Å². The van der Waals surface area contributed by atoms with E-state index >= 15 is 0 Å². The lowest BCUT2D eigenvalue weighted by molar-refractivity contribution is 0.111. The van der Waals surface area contributed by atoms with E-state index in [1.54, 1.807) is 14.2 Å². The van der Waals surface area contributed by atoms with Gasteiger partial charge in [0.2, 0.25) is 0 Å². The number of unbranched alkanes of at least 4 members (excludes halogenated alkanes) is 2. The molecule has 0 saturated heterocycles. The van der Waals surface area contributed by atoms with Crippen LogP contribution in [-0.2, 0) is 13.3 Å². The molecule has 0 aromatic heterocycles. The molecule has 0 atom stereocenters. The number of hydrogen-bond acceptors (Lipinski definition) is 4. The van der Waals surface area contributed by atoms with Gasteiger partial charge in [0.05, 0.1) is 8.80 Å². The molecule has 0 saturated carbocycles. The van der Waals surface area contributed by atoms with Crippen LogP contribution in [0.1, 0.15) is 53.4 Å². The molecule has 0 N–H and O–H groups in total. The van der Waals surface area contributed by atoms with Crippen molar-refractivity contribution in [2.24, 2.45) is 0 Å². The molecule has 23 heavy (non-hydrogen) atoms. The topological polar surface area (TPSA) is 30.9 Å². The van der Waals surface area contributed by atoms with Gasteiger partial charge in [-0.3, -0.25) is 4.90 Å². The maximum absolute atomic E-state index is 6.07. The first-order valence-electron chi connectivity index (χ1n) is 9.20. The van der Waals surface area contributed by atoms with E-state index in [1.165, 1.54) is 25.8 Å². The fourth-order valence-corrected chi connectivity index (χ4v) is 6.53. The molecular formula is C17H41NO3Si2. The van der Waals surface area contributed by atoms with Crippen molar-refractivity contribution in [3.63, 3.8) is 0 Å². The second-order valence-electron chi connectivity index (χ2n) is 7.76. The zero-order chi connectivity index (χ0) is 17.9. The molecule has 0 aliphatic heterocycles. The van der Waals surface area contributed by atoms with Gasteiger partial charge in [0.15, 0.2) is 0 Å². The summed E-state index contributed by atoms with van der Waals surface area (Å²) >= 11 is 0. The summed E-state index contributed by atoms with van der Waals surface area (Å²) < 4.78 is 17.4. The van der Waals surface area contributed by atoms with Crippen molar-refractivity contribution in [2.75, 3.05) is 33.5 Å². The van der Waals surface area contributed by atoms with Crippen molar-refractivity contribution < 1.29 is 13.3 Å². The van der Waals surface area contributed by atoms with E-state index in [0.29, 0.717) is 0 Å². The maximum Gasteiger partial charge on any atom is 0.500 e. The van der Waals surface area contributed by atoms with Crippen LogP contribution in [-0.4, -0.2) is 61.6 Å². The third-order valence-corrected chi connectivity index (χ3v) is 8.13. The lowest BCUT2D eigenvalue weighted by Crippen LogP contribution is -2.46. The molecule has 0 aromatic rings. The molecule has 0 aromatic carbocycles. The highest BCUT2D eigenvalue weighted by molar-refractivity contribution is 6.63. The standard InChI is InChI=1S/C17H41NO3Si2/c1-9-10-13-18(17(2,3)4)14-11-12-15-23(19-5,20-6)21-16-22(7)8/h22H,9-16H2,1-8H3. The van der Waals surface area contributed by atoms with Crippen LogP contribution in [0.4, 0.5) is 0 Å². The quantitative estimate of drug-likeness (QED) is 0.366. The van der Waals surface area contributed by atoms with Gasteiger partial charge in [-0.05, 0) is 53.1 Å². The van der Waals surface area contributed by atoms with Crippen molar-refractivity contribution in [2.45, 2.75) is 78.1 Å². The molecule has 0 aliphatic rings. The van der Waals surface area contributed by atoms with E-state index in [2.05, 4.69) is 45.7 Å². The molecular weight excluding hydrogens is 322 g/mol. The monoisotopic (exact) mass is 363 g/mol. The van der Waals surface area contributed by atoms with Crippen LogP contribution >= 0.6 is 0 Å². The van der Waals surface area contributed by atoms with Crippen LogP contribution in [0.5, 0.6) is 0 Å². The van der Waals surface area contributed by atoms with Crippen molar-refractivity contribution >= 4 is 17.6 Å². The predicted molar refractivity (Wildman–Crippen MR) is 105 cm³/mol. The fourth-order valence-electron chi connectivity index (χ4n) is 2.55. The molecule has 4 nitrogen and oxygen atoms in total. The van der Waals surface area contributed by atoms with Crippen LogP contribution in [0.15, 0.2) is 0 Å². The summed E-state index contributed by atoms with van der Waals surface area (Å²) in [7, 11) is 0.292. The maximum atomic E-state index is 6.07. The Hall–Kier alpha value is 0.274. The molecule has 0 unspecified atom stereocenters. The van der Waals surface area contributed by atoms with Gasteiger partial charge in [-0.15, -0.1) is 0 Å². The summed E-state index contributed by atoms with van der Waals surface area (Å²) in [5, 5.41) is 0. The third kappa shape index (κ3) is 9.99. The van der Waals surface area contributed by atoms with Crippen LogP contribution < -0.4 is 0 Å². The van der Waals surface area contributed by atoms with Gasteiger partial charge in [0, 0.05) is 32.0 Å². The van der Waals surface area contributed by atoms with Crippen molar-refractivity contribution in [3.8, 4) is 0 Å². The Kier molecular flexibility index (Phi) is 11.9. The lowest BCUT2D eigenvalue weighted by Gasteiger charge is -2.36. The average Bonchev–Trinajstić information content (AvgIpc) is 2.48. The first-order valence-corrected chi connectivity index (χ1v) is 14.3. The second-order valence-corrected chi connectivity index (χ2v) is 13.9. The van der Waals surface area contributed by atoms with Crippen molar-refractivity contribution in [1.82, 2.24) is 4.90 Å². The van der Waals surface area contributed by atoms with Crippen LogP contribution in [0.2, 0.25) is 19.1 Å². The summed E-state index contributed by atoms with van der Waals surface area (Å²) in [6.07, 6.45) is 5.65. The van der Waals surface area contributed by atoms with E-state index in [0.717, 1.165) is 25.2 Å². The molecule has 0 aliphatic carbocycles. The van der Waals surface area contributed by atoms with Crippen molar-refractivity contribution in [1.29, 1.82) is 0 Å². The molecule has 140 valence electrons. The van der Waals surface area contributed by atoms with E-state index in [1.807, 2.05) is 0 Å². The van der Waals surface area contributed by atoms with Gasteiger partial charge in [-0.1, -0.05) is 26.4 Å². The van der Waals surface area contributed by atoms with Gasteiger partial charge < -0.3 is 13.3 Å². The van der Waals surface area contributed by atoms with Gasteiger partial charge in [-0.25, -0.2) is 0 Å². The molecule has 0 heterocycles. The van der Waals surface area contributed by atoms with Gasteiger partial charge >= 0.3 is 8.80 Å².